The molecule has 0 atom stereocenters. The molecule has 0 unspecified atom stereocenters. The van der Waals surface area contributed by atoms with E-state index in [2.05, 4.69) is 20.0 Å². The number of nitrogens with zero attached hydrogens (tertiary/aromatic N) is 2. The number of carbonyl (C=O) groups is 2. The molecule has 2 N–H and O–H groups in total. The maximum atomic E-state index is 11.7. The lowest BCUT2D eigenvalue weighted by atomic mass is 10.0. The largest absolute Gasteiger partial charge is 0.478 e. The van der Waals surface area contributed by atoms with Crippen LogP contribution in [-0.2, 0) is 17.8 Å². The van der Waals surface area contributed by atoms with Crippen LogP contribution in [0.25, 0.3) is 0 Å². The van der Waals surface area contributed by atoms with Gasteiger partial charge in [0.05, 0.1) is 18.5 Å². The van der Waals surface area contributed by atoms with Gasteiger partial charge in [-0.3, -0.25) is 4.79 Å². The predicted octanol–water partition coefficient (Wildman–Crippen LogP) is 0.627. The molecule has 1 aromatic carbocycles. The summed E-state index contributed by atoms with van der Waals surface area (Å²) >= 11 is 0. The topological polar surface area (TPSA) is 105 Å². The van der Waals surface area contributed by atoms with Crippen LogP contribution in [0, 0.1) is 0 Å². The zero-order valence-corrected chi connectivity index (χ0v) is 9.87. The van der Waals surface area contributed by atoms with Crippen LogP contribution < -0.4 is 5.32 Å². The maximum absolute atomic E-state index is 11.7. The quantitative estimate of drug-likeness (QED) is 0.817. The van der Waals surface area contributed by atoms with Gasteiger partial charge in [-0.1, -0.05) is 23.4 Å². The number of carbonyl (C=O) groups excluding carboxylic acids is 1. The van der Waals surface area contributed by atoms with E-state index in [4.69, 9.17) is 5.11 Å². The third-order valence-electron chi connectivity index (χ3n) is 2.45. The van der Waals surface area contributed by atoms with Crippen molar-refractivity contribution in [3.63, 3.8) is 0 Å². The predicted molar refractivity (Wildman–Crippen MR) is 63.3 cm³/mol. The molecule has 7 nitrogen and oxygen atoms in total. The van der Waals surface area contributed by atoms with E-state index in [1.807, 2.05) is 0 Å². The number of hydrogen-bond donors (Lipinski definition) is 2. The Bertz CT molecular complexity index is 580. The lowest BCUT2D eigenvalue weighted by molar-refractivity contribution is -0.120. The van der Waals surface area contributed by atoms with Gasteiger partial charge in [0, 0.05) is 0 Å². The highest BCUT2D eigenvalue weighted by atomic mass is 16.5. The SMILES string of the molecule is O=C(Cc1ccccc1C(=O)O)NCc1ncon1. The third kappa shape index (κ3) is 3.38. The molecule has 2 aromatic rings. The van der Waals surface area contributed by atoms with Gasteiger partial charge in [0.25, 0.3) is 0 Å². The molecule has 0 fully saturated rings. The minimum absolute atomic E-state index is 0.0136. The number of carboxylic acids is 1. The van der Waals surface area contributed by atoms with Crippen LogP contribution in [0.5, 0.6) is 0 Å². The number of aromatic carboxylic acids is 1. The van der Waals surface area contributed by atoms with Crippen LogP contribution in [0.3, 0.4) is 0 Å². The molecule has 7 heteroatoms. The zero-order valence-electron chi connectivity index (χ0n) is 9.87. The molecule has 2 rings (SSSR count). The Morgan fingerprint density at radius 1 is 1.32 bits per heavy atom. The first-order valence-electron chi connectivity index (χ1n) is 5.50. The Morgan fingerprint density at radius 3 is 2.79 bits per heavy atom. The minimum Gasteiger partial charge on any atom is -0.478 e. The summed E-state index contributed by atoms with van der Waals surface area (Å²) in [7, 11) is 0. The summed E-state index contributed by atoms with van der Waals surface area (Å²) in [5.41, 5.74) is 0.581. The van der Waals surface area contributed by atoms with Crippen LogP contribution in [0.15, 0.2) is 35.2 Å². The molecule has 0 saturated heterocycles. The molecule has 0 aliphatic rings. The summed E-state index contributed by atoms with van der Waals surface area (Å²) in [4.78, 5) is 26.4. The average molecular weight is 261 g/mol. The second-order valence-electron chi connectivity index (χ2n) is 3.76. The first-order valence-corrected chi connectivity index (χ1v) is 5.50. The fraction of sp³-hybridized carbons (Fsp3) is 0.167. The normalized spacial score (nSPS) is 10.1. The lowest BCUT2D eigenvalue weighted by Crippen LogP contribution is -2.25. The number of amides is 1. The highest BCUT2D eigenvalue weighted by molar-refractivity contribution is 5.91. The van der Waals surface area contributed by atoms with Gasteiger partial charge in [-0.2, -0.15) is 4.98 Å². The summed E-state index contributed by atoms with van der Waals surface area (Å²) in [5.74, 6) is -1.00. The maximum Gasteiger partial charge on any atom is 0.335 e. The fourth-order valence-corrected chi connectivity index (χ4v) is 1.57. The Hall–Kier alpha value is -2.70. The van der Waals surface area contributed by atoms with E-state index in [-0.39, 0.29) is 24.4 Å². The van der Waals surface area contributed by atoms with Crippen molar-refractivity contribution in [1.29, 1.82) is 0 Å². The molecule has 1 amide bonds. The van der Waals surface area contributed by atoms with Crippen LogP contribution in [0.1, 0.15) is 21.7 Å². The van der Waals surface area contributed by atoms with Crippen molar-refractivity contribution in [1.82, 2.24) is 15.5 Å². The highest BCUT2D eigenvalue weighted by Gasteiger charge is 2.12. The fourth-order valence-electron chi connectivity index (χ4n) is 1.57. The summed E-state index contributed by atoms with van der Waals surface area (Å²) < 4.78 is 4.53. The van der Waals surface area contributed by atoms with Gasteiger partial charge >= 0.3 is 5.97 Å². The average Bonchev–Trinajstić information content (AvgIpc) is 2.90. The Labute approximate surface area is 108 Å². The summed E-state index contributed by atoms with van der Waals surface area (Å²) in [5, 5.41) is 15.1. The monoisotopic (exact) mass is 261 g/mol. The van der Waals surface area contributed by atoms with Crippen molar-refractivity contribution >= 4 is 11.9 Å². The molecule has 1 heterocycles. The second-order valence-corrected chi connectivity index (χ2v) is 3.76. The van der Waals surface area contributed by atoms with Gasteiger partial charge in [-0.05, 0) is 11.6 Å². The van der Waals surface area contributed by atoms with Crippen molar-refractivity contribution in [2.45, 2.75) is 13.0 Å². The van der Waals surface area contributed by atoms with Crippen molar-refractivity contribution in [3.05, 3.63) is 47.6 Å². The number of hydrogen-bond acceptors (Lipinski definition) is 5. The molecule has 1 aromatic heterocycles. The number of benzene rings is 1. The number of nitrogens with one attached hydrogen (secondary N) is 1. The number of carboxylic acid groups (broad SMARTS) is 1. The summed E-state index contributed by atoms with van der Waals surface area (Å²) in [6.07, 6.45) is 1.15. The van der Waals surface area contributed by atoms with Crippen LogP contribution in [-0.4, -0.2) is 27.1 Å². The van der Waals surface area contributed by atoms with E-state index in [1.165, 1.54) is 12.5 Å². The van der Waals surface area contributed by atoms with E-state index in [1.54, 1.807) is 18.2 Å². The molecule has 0 aliphatic heterocycles. The molecular weight excluding hydrogens is 250 g/mol. The van der Waals surface area contributed by atoms with Gasteiger partial charge in [-0.25, -0.2) is 4.79 Å². The van der Waals surface area contributed by atoms with Gasteiger partial charge < -0.3 is 14.9 Å². The van der Waals surface area contributed by atoms with Gasteiger partial charge in [0.2, 0.25) is 12.3 Å². The number of rotatable bonds is 5. The molecule has 19 heavy (non-hydrogen) atoms. The molecule has 0 bridgehead atoms. The highest BCUT2D eigenvalue weighted by Crippen LogP contribution is 2.09. The molecular formula is C12H11N3O4. The molecule has 0 radical (unpaired) electrons. The van der Waals surface area contributed by atoms with Crippen molar-refractivity contribution < 1.29 is 19.2 Å². The molecule has 98 valence electrons. The summed E-state index contributed by atoms with van der Waals surface area (Å²) in [6, 6.07) is 6.37. The van der Waals surface area contributed by atoms with E-state index < -0.39 is 5.97 Å². The van der Waals surface area contributed by atoms with Gasteiger partial charge in [-0.15, -0.1) is 0 Å². The van der Waals surface area contributed by atoms with Crippen LogP contribution in [0.2, 0.25) is 0 Å². The first-order chi connectivity index (χ1) is 9.16. The van der Waals surface area contributed by atoms with Crippen LogP contribution in [0.4, 0.5) is 0 Å². The van der Waals surface area contributed by atoms with Crippen molar-refractivity contribution in [2.75, 3.05) is 0 Å². The molecule has 0 saturated carbocycles. The van der Waals surface area contributed by atoms with E-state index in [9.17, 15) is 9.59 Å². The van der Waals surface area contributed by atoms with E-state index >= 15 is 0 Å². The number of aromatic nitrogens is 2. The summed E-state index contributed by atoms with van der Waals surface area (Å²) in [6.45, 7) is 0.143. The third-order valence-corrected chi connectivity index (χ3v) is 2.45. The van der Waals surface area contributed by atoms with E-state index in [0.29, 0.717) is 11.4 Å². The van der Waals surface area contributed by atoms with Gasteiger partial charge in [0.1, 0.15) is 0 Å². The lowest BCUT2D eigenvalue weighted by Gasteiger charge is -2.05. The minimum atomic E-state index is -1.05. The Kier molecular flexibility index (Phi) is 3.87. The Morgan fingerprint density at radius 2 is 2.11 bits per heavy atom. The van der Waals surface area contributed by atoms with Crippen LogP contribution >= 0.6 is 0 Å². The first kappa shape index (κ1) is 12.7. The molecule has 0 spiro atoms. The van der Waals surface area contributed by atoms with E-state index in [0.717, 1.165) is 0 Å². The smallest absolute Gasteiger partial charge is 0.335 e. The second kappa shape index (κ2) is 5.76. The molecule has 0 aliphatic carbocycles. The zero-order chi connectivity index (χ0) is 13.7. The standard InChI is InChI=1S/C12H11N3O4/c16-11(13-6-10-14-7-19-15-10)5-8-3-1-2-4-9(8)12(17)18/h1-4,7H,5-6H2,(H,13,16)(H,17,18). The van der Waals surface area contributed by atoms with Gasteiger partial charge in [0.15, 0.2) is 5.82 Å². The van der Waals surface area contributed by atoms with Crippen molar-refractivity contribution in [2.24, 2.45) is 0 Å². The van der Waals surface area contributed by atoms with Crippen molar-refractivity contribution in [3.8, 4) is 0 Å². The Balaban J connectivity index is 1.97.